The highest BCUT2D eigenvalue weighted by atomic mass is 16.6. The van der Waals surface area contributed by atoms with Gasteiger partial charge in [-0.25, -0.2) is 15.0 Å². The van der Waals surface area contributed by atoms with Crippen molar-refractivity contribution in [2.24, 2.45) is 0 Å². The lowest BCUT2D eigenvalue weighted by molar-refractivity contribution is -0.384. The predicted molar refractivity (Wildman–Crippen MR) is 94.2 cm³/mol. The zero-order valence-corrected chi connectivity index (χ0v) is 14.5. The van der Waals surface area contributed by atoms with Crippen molar-refractivity contribution in [3.05, 3.63) is 58.3 Å². The van der Waals surface area contributed by atoms with Gasteiger partial charge in [0.15, 0.2) is 11.9 Å². The smallest absolute Gasteiger partial charge is 0.269 e. The summed E-state index contributed by atoms with van der Waals surface area (Å²) in [5.41, 5.74) is 2.31. The summed E-state index contributed by atoms with van der Waals surface area (Å²) in [5, 5.41) is 40.2. The van der Waals surface area contributed by atoms with Crippen molar-refractivity contribution in [3.63, 3.8) is 0 Å². The first-order valence-electron chi connectivity index (χ1n) is 8.51. The number of nitrogens with zero attached hydrogens (tertiary/aromatic N) is 5. The van der Waals surface area contributed by atoms with Crippen molar-refractivity contribution in [3.8, 4) is 0 Å². The molecule has 1 aliphatic rings. The number of ether oxygens (including phenoxy) is 1. The number of aliphatic hydroxyl groups is 3. The van der Waals surface area contributed by atoms with E-state index >= 15 is 0 Å². The minimum absolute atomic E-state index is 0.00484. The van der Waals surface area contributed by atoms with Crippen LogP contribution in [0.2, 0.25) is 0 Å². The molecule has 0 bridgehead atoms. The molecule has 1 aliphatic heterocycles. The van der Waals surface area contributed by atoms with Gasteiger partial charge in [-0.2, -0.15) is 0 Å². The molecule has 0 unspecified atom stereocenters. The molecule has 1 fully saturated rings. The number of fused-ring (bicyclic) bond motifs is 1. The maximum absolute atomic E-state index is 10.8. The van der Waals surface area contributed by atoms with E-state index in [1.165, 1.54) is 29.4 Å². The van der Waals surface area contributed by atoms with Crippen LogP contribution < -0.4 is 0 Å². The van der Waals surface area contributed by atoms with Crippen LogP contribution in [-0.4, -0.2) is 64.7 Å². The van der Waals surface area contributed by atoms with Crippen LogP contribution in [0.15, 0.2) is 36.9 Å². The number of nitro benzene ring substituents is 1. The molecular formula is C17H17N5O6. The Hall–Kier alpha value is -2.99. The van der Waals surface area contributed by atoms with E-state index in [1.807, 2.05) is 0 Å². The second-order valence-corrected chi connectivity index (χ2v) is 6.47. The van der Waals surface area contributed by atoms with Gasteiger partial charge in [0.25, 0.3) is 5.69 Å². The van der Waals surface area contributed by atoms with Crippen molar-refractivity contribution in [1.29, 1.82) is 0 Å². The molecule has 1 aromatic carbocycles. The molecule has 28 heavy (non-hydrogen) atoms. The van der Waals surface area contributed by atoms with Gasteiger partial charge in [-0.05, 0) is 5.56 Å². The van der Waals surface area contributed by atoms with E-state index in [0.29, 0.717) is 23.3 Å². The van der Waals surface area contributed by atoms with Gasteiger partial charge >= 0.3 is 0 Å². The maximum Gasteiger partial charge on any atom is 0.269 e. The average molecular weight is 387 g/mol. The third kappa shape index (κ3) is 3.10. The van der Waals surface area contributed by atoms with Gasteiger partial charge in [0.2, 0.25) is 0 Å². The molecule has 0 aliphatic carbocycles. The Labute approximate surface area is 158 Å². The molecule has 3 heterocycles. The Balaban J connectivity index is 1.65. The van der Waals surface area contributed by atoms with Crippen LogP contribution in [0.5, 0.6) is 0 Å². The monoisotopic (exact) mass is 387 g/mol. The molecular weight excluding hydrogens is 370 g/mol. The Morgan fingerprint density at radius 2 is 1.89 bits per heavy atom. The summed E-state index contributed by atoms with van der Waals surface area (Å²) in [7, 11) is 0. The molecule has 11 heteroatoms. The van der Waals surface area contributed by atoms with Gasteiger partial charge in [0.05, 0.1) is 23.6 Å². The van der Waals surface area contributed by atoms with Crippen molar-refractivity contribution in [1.82, 2.24) is 19.5 Å². The first kappa shape index (κ1) is 18.4. The summed E-state index contributed by atoms with van der Waals surface area (Å²) in [4.78, 5) is 23.1. The second kappa shape index (κ2) is 7.20. The van der Waals surface area contributed by atoms with Crippen molar-refractivity contribution in [2.45, 2.75) is 31.0 Å². The summed E-state index contributed by atoms with van der Waals surface area (Å²) >= 11 is 0. The fraction of sp³-hybridized carbons (Fsp3) is 0.353. The Bertz CT molecular complexity index is 1010. The van der Waals surface area contributed by atoms with E-state index < -0.39 is 36.1 Å². The highest BCUT2D eigenvalue weighted by Crippen LogP contribution is 2.31. The van der Waals surface area contributed by atoms with Gasteiger partial charge in [-0.3, -0.25) is 14.7 Å². The summed E-state index contributed by atoms with van der Waals surface area (Å²) < 4.78 is 7.02. The van der Waals surface area contributed by atoms with E-state index in [2.05, 4.69) is 15.0 Å². The molecule has 0 spiro atoms. The fourth-order valence-corrected chi connectivity index (χ4v) is 3.25. The molecule has 3 N–H and O–H groups in total. The first-order chi connectivity index (χ1) is 13.5. The number of benzene rings is 1. The summed E-state index contributed by atoms with van der Waals surface area (Å²) in [5.74, 6) is 0. The van der Waals surface area contributed by atoms with Crippen LogP contribution in [0, 0.1) is 10.1 Å². The quantitative estimate of drug-likeness (QED) is 0.403. The molecule has 0 saturated carbocycles. The average Bonchev–Trinajstić information content (AvgIpc) is 3.24. The minimum Gasteiger partial charge on any atom is -0.394 e. The van der Waals surface area contributed by atoms with E-state index in [-0.39, 0.29) is 5.69 Å². The SMILES string of the molecule is O=[N+]([O-])c1ccc(Cc2ncnc3c2ncn3[C@@H]2O[C@H](CO)[C@@H](O)[C@H]2O)cc1. The van der Waals surface area contributed by atoms with Crippen LogP contribution in [0.1, 0.15) is 17.5 Å². The van der Waals surface area contributed by atoms with Crippen LogP contribution in [0.3, 0.4) is 0 Å². The number of imidazole rings is 1. The Morgan fingerprint density at radius 1 is 1.14 bits per heavy atom. The molecule has 3 aromatic rings. The molecule has 4 rings (SSSR count). The first-order valence-corrected chi connectivity index (χ1v) is 8.51. The van der Waals surface area contributed by atoms with Crippen LogP contribution in [0.4, 0.5) is 5.69 Å². The third-order valence-electron chi connectivity index (χ3n) is 4.74. The number of nitro groups is 1. The normalized spacial score (nSPS) is 24.7. The summed E-state index contributed by atoms with van der Waals surface area (Å²) in [6.07, 6.45) is -1.17. The number of aromatic nitrogens is 4. The highest BCUT2D eigenvalue weighted by molar-refractivity contribution is 5.73. The standard InChI is InChI=1S/C17H17N5O6/c23-6-12-14(24)15(25)17(28-12)21-8-20-13-11(18-7-19-16(13)21)5-9-1-3-10(4-2-9)22(26)27/h1-4,7-8,12,14-15,17,23-25H,5-6H2/t12-,14-,15-,17-/m1/s1. The summed E-state index contributed by atoms with van der Waals surface area (Å²) in [6, 6.07) is 6.14. The Kier molecular flexibility index (Phi) is 4.73. The molecule has 4 atom stereocenters. The number of non-ortho nitro benzene ring substituents is 1. The molecule has 2 aromatic heterocycles. The van der Waals surface area contributed by atoms with Crippen molar-refractivity contribution >= 4 is 16.9 Å². The van der Waals surface area contributed by atoms with E-state index in [0.717, 1.165) is 5.56 Å². The fourth-order valence-electron chi connectivity index (χ4n) is 3.25. The molecule has 0 radical (unpaired) electrons. The van der Waals surface area contributed by atoms with Gasteiger partial charge in [0.1, 0.15) is 30.2 Å². The lowest BCUT2D eigenvalue weighted by atomic mass is 10.1. The van der Waals surface area contributed by atoms with Crippen molar-refractivity contribution in [2.75, 3.05) is 6.61 Å². The van der Waals surface area contributed by atoms with Gasteiger partial charge < -0.3 is 20.1 Å². The minimum atomic E-state index is -1.25. The van der Waals surface area contributed by atoms with Crippen LogP contribution in [-0.2, 0) is 11.2 Å². The second-order valence-electron chi connectivity index (χ2n) is 6.47. The molecule has 1 saturated heterocycles. The number of hydrogen-bond acceptors (Lipinski definition) is 9. The highest BCUT2D eigenvalue weighted by Gasteiger charge is 2.44. The zero-order chi connectivity index (χ0) is 19.8. The number of aliphatic hydroxyl groups excluding tert-OH is 3. The van der Waals surface area contributed by atoms with Crippen LogP contribution in [0.25, 0.3) is 11.2 Å². The number of hydrogen-bond donors (Lipinski definition) is 3. The third-order valence-corrected chi connectivity index (χ3v) is 4.74. The van der Waals surface area contributed by atoms with Gasteiger partial charge in [0, 0.05) is 18.6 Å². The lowest BCUT2D eigenvalue weighted by Gasteiger charge is -2.16. The van der Waals surface area contributed by atoms with E-state index in [9.17, 15) is 25.4 Å². The molecule has 0 amide bonds. The largest absolute Gasteiger partial charge is 0.394 e. The van der Waals surface area contributed by atoms with E-state index in [4.69, 9.17) is 4.74 Å². The van der Waals surface area contributed by atoms with Crippen LogP contribution >= 0.6 is 0 Å². The molecule has 146 valence electrons. The summed E-state index contributed by atoms with van der Waals surface area (Å²) in [6.45, 7) is -0.429. The van der Waals surface area contributed by atoms with Crippen molar-refractivity contribution < 1.29 is 25.0 Å². The van der Waals surface area contributed by atoms with Gasteiger partial charge in [-0.1, -0.05) is 12.1 Å². The number of rotatable bonds is 5. The van der Waals surface area contributed by atoms with Gasteiger partial charge in [-0.15, -0.1) is 0 Å². The maximum atomic E-state index is 10.8. The topological polar surface area (TPSA) is 157 Å². The van der Waals surface area contributed by atoms with E-state index in [1.54, 1.807) is 12.1 Å². The zero-order valence-electron chi connectivity index (χ0n) is 14.5. The lowest BCUT2D eigenvalue weighted by Crippen LogP contribution is -2.33. The molecule has 11 nitrogen and oxygen atoms in total. The predicted octanol–water partition coefficient (Wildman–Crippen LogP) is -0.0632. The Morgan fingerprint density at radius 3 is 2.54 bits per heavy atom.